The Kier molecular flexibility index (Phi) is 5.60. The molecular weight excluding hydrogens is 375 g/mol. The molecule has 0 unspecified atom stereocenters. The van der Waals surface area contributed by atoms with Gasteiger partial charge < -0.3 is 10.6 Å². The van der Waals surface area contributed by atoms with E-state index in [1.807, 2.05) is 13.0 Å². The number of amides is 1. The number of nitrogens with one attached hydrogen (secondary N) is 2. The molecule has 0 radical (unpaired) electrons. The summed E-state index contributed by atoms with van der Waals surface area (Å²) in [5.41, 5.74) is 1.64. The molecule has 0 bridgehead atoms. The second-order valence-corrected chi connectivity index (χ2v) is 7.35. The van der Waals surface area contributed by atoms with Crippen LogP contribution in [0.15, 0.2) is 30.3 Å². The Morgan fingerprint density at radius 3 is 2.85 bits per heavy atom. The number of rotatable bonds is 3. The van der Waals surface area contributed by atoms with E-state index in [2.05, 4.69) is 15.7 Å². The molecule has 3 aromatic rings. The Labute approximate surface area is 161 Å². The molecule has 2 aromatic heterocycles. The van der Waals surface area contributed by atoms with E-state index < -0.39 is 0 Å². The number of aromatic nitrogens is 2. The van der Waals surface area contributed by atoms with E-state index in [0.29, 0.717) is 4.88 Å². The maximum absolute atomic E-state index is 13.2. The number of fused-ring (bicyclic) bond motifs is 1. The maximum atomic E-state index is 13.2. The third-order valence-electron chi connectivity index (χ3n) is 4.47. The predicted octanol–water partition coefficient (Wildman–Crippen LogP) is 3.44. The summed E-state index contributed by atoms with van der Waals surface area (Å²) < 4.78 is 14.9. The number of halogens is 2. The Morgan fingerprint density at radius 1 is 1.38 bits per heavy atom. The maximum Gasteiger partial charge on any atom is 0.261 e. The summed E-state index contributed by atoms with van der Waals surface area (Å²) in [6, 6.07) is 8.28. The van der Waals surface area contributed by atoms with Crippen molar-refractivity contribution in [2.75, 3.05) is 13.1 Å². The Hall–Kier alpha value is -1.96. The smallest absolute Gasteiger partial charge is 0.261 e. The number of hydrogen-bond acceptors (Lipinski definition) is 4. The molecule has 0 saturated carbocycles. The lowest BCUT2D eigenvalue weighted by Crippen LogP contribution is -2.45. The number of aryl methyl sites for hydroxylation is 1. The molecule has 0 aliphatic carbocycles. The van der Waals surface area contributed by atoms with E-state index in [0.717, 1.165) is 47.5 Å². The number of benzene rings is 1. The minimum atomic E-state index is -0.281. The Morgan fingerprint density at radius 2 is 2.15 bits per heavy atom. The van der Waals surface area contributed by atoms with Crippen LogP contribution in [0.2, 0.25) is 0 Å². The number of carbonyl (C=O) groups is 1. The lowest BCUT2D eigenvalue weighted by Gasteiger charge is -2.23. The fourth-order valence-corrected chi connectivity index (χ4v) is 4.23. The minimum absolute atomic E-state index is 0. The first kappa shape index (κ1) is 18.8. The molecule has 5 nitrogen and oxygen atoms in total. The van der Waals surface area contributed by atoms with Crippen LogP contribution in [0.25, 0.3) is 15.9 Å². The molecule has 1 aliphatic heterocycles. The van der Waals surface area contributed by atoms with E-state index in [-0.39, 0.29) is 30.2 Å². The standard InChI is InChI=1S/C18H19FN4OS.ClH/c1-11-15-9-16(17(24)21-13-3-2-8-20-10-13)25-18(15)23(22-11)14-6-4-12(19)5-7-14;/h4-7,9,13,20H,2-3,8,10H2,1H3,(H,21,24);1H/t13-;/m0./s1. The highest BCUT2D eigenvalue weighted by molar-refractivity contribution is 7.20. The summed E-state index contributed by atoms with van der Waals surface area (Å²) in [7, 11) is 0. The number of carbonyl (C=O) groups excluding carboxylic acids is 1. The van der Waals surface area contributed by atoms with Crippen molar-refractivity contribution in [3.05, 3.63) is 46.7 Å². The van der Waals surface area contributed by atoms with Crippen LogP contribution in [0, 0.1) is 12.7 Å². The van der Waals surface area contributed by atoms with Crippen LogP contribution in [-0.2, 0) is 0 Å². The number of hydrogen-bond donors (Lipinski definition) is 2. The van der Waals surface area contributed by atoms with Crippen LogP contribution in [-0.4, -0.2) is 34.8 Å². The number of nitrogens with zero attached hydrogens (tertiary/aromatic N) is 2. The SMILES string of the molecule is Cc1nn(-c2ccc(F)cc2)c2sc(C(=O)N[C@H]3CCCNC3)cc12.Cl. The average Bonchev–Trinajstić information content (AvgIpc) is 3.18. The van der Waals surface area contributed by atoms with Gasteiger partial charge in [0.1, 0.15) is 10.6 Å². The third-order valence-corrected chi connectivity index (χ3v) is 5.58. The summed E-state index contributed by atoms with van der Waals surface area (Å²) in [5, 5.41) is 11.9. The van der Waals surface area contributed by atoms with Crippen molar-refractivity contribution in [1.82, 2.24) is 20.4 Å². The van der Waals surface area contributed by atoms with Gasteiger partial charge in [-0.3, -0.25) is 4.79 Å². The van der Waals surface area contributed by atoms with Crippen molar-refractivity contribution in [2.45, 2.75) is 25.8 Å². The fourth-order valence-electron chi connectivity index (χ4n) is 3.15. The van der Waals surface area contributed by atoms with E-state index in [1.54, 1.807) is 16.8 Å². The molecular formula is C18H20ClFN4OS. The highest BCUT2D eigenvalue weighted by Gasteiger charge is 2.20. The van der Waals surface area contributed by atoms with Crippen LogP contribution in [0.1, 0.15) is 28.2 Å². The fraction of sp³-hybridized carbons (Fsp3) is 0.333. The van der Waals surface area contributed by atoms with Gasteiger partial charge in [0.2, 0.25) is 0 Å². The zero-order valence-electron chi connectivity index (χ0n) is 14.3. The van der Waals surface area contributed by atoms with Gasteiger partial charge in [-0.2, -0.15) is 5.10 Å². The third kappa shape index (κ3) is 3.60. The zero-order valence-corrected chi connectivity index (χ0v) is 15.9. The van der Waals surface area contributed by atoms with Gasteiger partial charge in [-0.15, -0.1) is 23.7 Å². The van der Waals surface area contributed by atoms with Crippen LogP contribution >= 0.6 is 23.7 Å². The summed E-state index contributed by atoms with van der Waals surface area (Å²) in [6.07, 6.45) is 2.09. The molecule has 26 heavy (non-hydrogen) atoms. The molecule has 0 spiro atoms. The molecule has 1 amide bonds. The summed E-state index contributed by atoms with van der Waals surface area (Å²) in [5.74, 6) is -0.323. The van der Waals surface area contributed by atoms with Gasteiger partial charge in [-0.05, 0) is 56.6 Å². The lowest BCUT2D eigenvalue weighted by atomic mass is 10.1. The number of thiophene rings is 1. The monoisotopic (exact) mass is 394 g/mol. The Balaban J connectivity index is 0.00000196. The molecule has 1 aliphatic rings. The van der Waals surface area contributed by atoms with Crippen molar-refractivity contribution in [2.24, 2.45) is 0 Å². The molecule has 138 valence electrons. The summed E-state index contributed by atoms with van der Waals surface area (Å²) in [4.78, 5) is 14.2. The second-order valence-electron chi connectivity index (χ2n) is 6.32. The van der Waals surface area contributed by atoms with Gasteiger partial charge in [0, 0.05) is 18.0 Å². The van der Waals surface area contributed by atoms with Crippen molar-refractivity contribution < 1.29 is 9.18 Å². The summed E-state index contributed by atoms with van der Waals surface area (Å²) in [6.45, 7) is 3.75. The second kappa shape index (κ2) is 7.73. The first-order valence-corrected chi connectivity index (χ1v) is 9.20. The van der Waals surface area contributed by atoms with Crippen LogP contribution in [0.5, 0.6) is 0 Å². The van der Waals surface area contributed by atoms with Gasteiger partial charge in [-0.1, -0.05) is 0 Å². The van der Waals surface area contributed by atoms with Crippen LogP contribution < -0.4 is 10.6 Å². The minimum Gasteiger partial charge on any atom is -0.347 e. The van der Waals surface area contributed by atoms with Gasteiger partial charge in [0.05, 0.1) is 16.3 Å². The lowest BCUT2D eigenvalue weighted by molar-refractivity contribution is 0.0935. The molecule has 1 fully saturated rings. The normalized spacial score (nSPS) is 17.1. The molecule has 2 N–H and O–H groups in total. The van der Waals surface area contributed by atoms with Gasteiger partial charge in [0.25, 0.3) is 5.91 Å². The predicted molar refractivity (Wildman–Crippen MR) is 104 cm³/mol. The summed E-state index contributed by atoms with van der Waals surface area (Å²) >= 11 is 1.41. The molecule has 1 aromatic carbocycles. The zero-order chi connectivity index (χ0) is 17.4. The molecule has 8 heteroatoms. The topological polar surface area (TPSA) is 59.0 Å². The van der Waals surface area contributed by atoms with E-state index in [9.17, 15) is 9.18 Å². The first-order valence-electron chi connectivity index (χ1n) is 8.38. The van der Waals surface area contributed by atoms with Crippen molar-refractivity contribution in [3.63, 3.8) is 0 Å². The van der Waals surface area contributed by atoms with Crippen molar-refractivity contribution >= 4 is 39.9 Å². The molecule has 4 rings (SSSR count). The highest BCUT2D eigenvalue weighted by atomic mass is 35.5. The number of piperidine rings is 1. The van der Waals surface area contributed by atoms with E-state index in [1.165, 1.54) is 23.5 Å². The molecule has 1 atom stereocenters. The first-order chi connectivity index (χ1) is 12.1. The highest BCUT2D eigenvalue weighted by Crippen LogP contribution is 2.30. The quantitative estimate of drug-likeness (QED) is 0.715. The van der Waals surface area contributed by atoms with Crippen molar-refractivity contribution in [3.8, 4) is 5.69 Å². The average molecular weight is 395 g/mol. The Bertz CT molecular complexity index is 915. The van der Waals surface area contributed by atoms with Gasteiger partial charge in [-0.25, -0.2) is 9.07 Å². The molecule has 3 heterocycles. The van der Waals surface area contributed by atoms with Crippen molar-refractivity contribution in [1.29, 1.82) is 0 Å². The van der Waals surface area contributed by atoms with Gasteiger partial charge >= 0.3 is 0 Å². The molecule has 1 saturated heterocycles. The van der Waals surface area contributed by atoms with E-state index in [4.69, 9.17) is 0 Å². The van der Waals surface area contributed by atoms with E-state index >= 15 is 0 Å². The van der Waals surface area contributed by atoms with Crippen LogP contribution in [0.3, 0.4) is 0 Å². The van der Waals surface area contributed by atoms with Gasteiger partial charge in [0.15, 0.2) is 0 Å². The van der Waals surface area contributed by atoms with Crippen LogP contribution in [0.4, 0.5) is 4.39 Å². The largest absolute Gasteiger partial charge is 0.347 e.